The molecule has 0 N–H and O–H groups in total. The van der Waals surface area contributed by atoms with E-state index in [-0.39, 0.29) is 69.4 Å². The SMILES string of the molecule is CCOC(=O)N1CCN(S(=O)(=O)N2CCN(S(=O)(=O)c3ccccc3C#N)CC2)CC1. The molecule has 0 saturated carbocycles. The maximum Gasteiger partial charge on any atom is 0.409 e. The van der Waals surface area contributed by atoms with Gasteiger partial charge in [0.1, 0.15) is 6.07 Å². The molecule has 1 aromatic carbocycles. The fraction of sp³-hybridized carbons (Fsp3) is 0.556. The molecule has 13 heteroatoms. The Balaban J connectivity index is 1.63. The number of sulfonamides is 1. The van der Waals surface area contributed by atoms with Gasteiger partial charge in [-0.1, -0.05) is 12.1 Å². The summed E-state index contributed by atoms with van der Waals surface area (Å²) >= 11 is 0. The summed E-state index contributed by atoms with van der Waals surface area (Å²) in [5.41, 5.74) is 0.0528. The van der Waals surface area contributed by atoms with Crippen LogP contribution in [0, 0.1) is 11.3 Å². The van der Waals surface area contributed by atoms with E-state index in [0.29, 0.717) is 0 Å². The van der Waals surface area contributed by atoms with Crippen molar-refractivity contribution in [2.45, 2.75) is 11.8 Å². The minimum atomic E-state index is -3.90. The maximum absolute atomic E-state index is 13.0. The standard InChI is InChI=1S/C18H25N5O6S2/c1-2-29-18(24)20-7-9-22(10-8-20)31(27,28)23-13-11-21(12-14-23)30(25,26)17-6-4-3-5-16(17)15-19/h3-6H,2,7-14H2,1H3. The first kappa shape index (κ1) is 23.4. The lowest BCUT2D eigenvalue weighted by atomic mass is 10.2. The minimum absolute atomic E-state index is 0.00831. The summed E-state index contributed by atoms with van der Waals surface area (Å²) in [7, 11) is -7.68. The Morgan fingerprint density at radius 2 is 1.45 bits per heavy atom. The number of carbonyl (C=O) groups is 1. The largest absolute Gasteiger partial charge is 0.450 e. The van der Waals surface area contributed by atoms with Gasteiger partial charge in [-0.05, 0) is 19.1 Å². The van der Waals surface area contributed by atoms with Gasteiger partial charge in [0, 0.05) is 52.4 Å². The highest BCUT2D eigenvalue weighted by Crippen LogP contribution is 2.23. The highest BCUT2D eigenvalue weighted by Gasteiger charge is 2.38. The molecule has 31 heavy (non-hydrogen) atoms. The van der Waals surface area contributed by atoms with Crippen LogP contribution >= 0.6 is 0 Å². The van der Waals surface area contributed by atoms with Gasteiger partial charge in [0.2, 0.25) is 10.0 Å². The zero-order chi connectivity index (χ0) is 22.6. The second-order valence-electron chi connectivity index (χ2n) is 7.00. The summed E-state index contributed by atoms with van der Waals surface area (Å²) in [6.07, 6.45) is -0.462. The number of nitrogens with zero attached hydrogens (tertiary/aromatic N) is 5. The van der Waals surface area contributed by atoms with Crippen molar-refractivity contribution < 1.29 is 26.4 Å². The van der Waals surface area contributed by atoms with Gasteiger partial charge in [-0.25, -0.2) is 13.2 Å². The van der Waals surface area contributed by atoms with Crippen molar-refractivity contribution in [1.82, 2.24) is 17.8 Å². The third kappa shape index (κ3) is 4.83. The van der Waals surface area contributed by atoms with Crippen molar-refractivity contribution in [2.24, 2.45) is 0 Å². The van der Waals surface area contributed by atoms with Crippen molar-refractivity contribution in [1.29, 1.82) is 5.26 Å². The topological polar surface area (TPSA) is 131 Å². The van der Waals surface area contributed by atoms with Crippen LogP contribution in [0.25, 0.3) is 0 Å². The van der Waals surface area contributed by atoms with Gasteiger partial charge in [-0.3, -0.25) is 0 Å². The average Bonchev–Trinajstić information content (AvgIpc) is 2.79. The first-order valence-corrected chi connectivity index (χ1v) is 12.7. The van der Waals surface area contributed by atoms with Crippen LogP contribution in [0.4, 0.5) is 4.79 Å². The molecule has 1 aromatic rings. The maximum atomic E-state index is 13.0. The number of amides is 1. The fourth-order valence-corrected chi connectivity index (χ4v) is 6.68. The quantitative estimate of drug-likeness (QED) is 0.585. The first-order chi connectivity index (χ1) is 14.7. The van der Waals surface area contributed by atoms with Crippen LogP contribution in [-0.4, -0.2) is 99.7 Å². The van der Waals surface area contributed by atoms with E-state index in [1.807, 2.05) is 6.07 Å². The molecule has 0 spiro atoms. The van der Waals surface area contributed by atoms with Gasteiger partial charge in [0.05, 0.1) is 17.1 Å². The molecule has 0 aliphatic carbocycles. The molecule has 2 heterocycles. The molecule has 0 unspecified atom stereocenters. The average molecular weight is 472 g/mol. The predicted octanol–water partition coefficient (Wildman–Crippen LogP) is -0.117. The highest BCUT2D eigenvalue weighted by atomic mass is 32.2. The van der Waals surface area contributed by atoms with Gasteiger partial charge >= 0.3 is 6.09 Å². The molecule has 1 amide bonds. The van der Waals surface area contributed by atoms with Crippen LogP contribution in [0.1, 0.15) is 12.5 Å². The van der Waals surface area contributed by atoms with E-state index < -0.39 is 26.3 Å². The lowest BCUT2D eigenvalue weighted by Gasteiger charge is -2.39. The zero-order valence-electron chi connectivity index (χ0n) is 17.2. The van der Waals surface area contributed by atoms with Crippen molar-refractivity contribution in [2.75, 3.05) is 59.0 Å². The smallest absolute Gasteiger partial charge is 0.409 e. The molecule has 0 bridgehead atoms. The highest BCUT2D eigenvalue weighted by molar-refractivity contribution is 7.89. The Morgan fingerprint density at radius 3 is 2.00 bits per heavy atom. The normalized spacial score (nSPS) is 19.7. The summed E-state index contributed by atoms with van der Waals surface area (Å²) in [4.78, 5) is 13.2. The molecule has 3 rings (SSSR count). The van der Waals surface area contributed by atoms with E-state index in [0.717, 1.165) is 0 Å². The molecule has 0 aromatic heterocycles. The Hall–Kier alpha value is -2.24. The van der Waals surface area contributed by atoms with E-state index >= 15 is 0 Å². The van der Waals surface area contributed by atoms with Crippen LogP contribution in [-0.2, 0) is 25.0 Å². The van der Waals surface area contributed by atoms with Gasteiger partial charge < -0.3 is 9.64 Å². The van der Waals surface area contributed by atoms with Crippen LogP contribution < -0.4 is 0 Å². The second-order valence-corrected chi connectivity index (χ2v) is 10.8. The number of hydrogen-bond donors (Lipinski definition) is 0. The molecular formula is C18H25N5O6S2. The summed E-state index contributed by atoms with van der Waals surface area (Å²) in [6, 6.07) is 7.82. The van der Waals surface area contributed by atoms with Crippen molar-refractivity contribution in [3.05, 3.63) is 29.8 Å². The Bertz CT molecular complexity index is 1050. The van der Waals surface area contributed by atoms with Gasteiger partial charge in [-0.2, -0.15) is 26.6 Å². The van der Waals surface area contributed by atoms with Gasteiger partial charge in [0.25, 0.3) is 10.2 Å². The molecule has 0 atom stereocenters. The van der Waals surface area contributed by atoms with Crippen LogP contribution in [0.2, 0.25) is 0 Å². The molecule has 0 radical (unpaired) electrons. The minimum Gasteiger partial charge on any atom is -0.450 e. The number of rotatable bonds is 5. The van der Waals surface area contributed by atoms with Crippen LogP contribution in [0.5, 0.6) is 0 Å². The number of nitriles is 1. The predicted molar refractivity (Wildman–Crippen MR) is 111 cm³/mol. The Kier molecular flexibility index (Phi) is 7.17. The van der Waals surface area contributed by atoms with Gasteiger partial charge in [0.15, 0.2) is 0 Å². The number of piperazine rings is 2. The van der Waals surface area contributed by atoms with E-state index in [1.165, 1.54) is 29.9 Å². The fourth-order valence-electron chi connectivity index (χ4n) is 3.54. The summed E-state index contributed by atoms with van der Waals surface area (Å²) in [5, 5.41) is 9.20. The monoisotopic (exact) mass is 471 g/mol. The Labute approximate surface area is 182 Å². The zero-order valence-corrected chi connectivity index (χ0v) is 18.8. The van der Waals surface area contributed by atoms with Crippen molar-refractivity contribution >= 4 is 26.3 Å². The molecular weight excluding hydrogens is 446 g/mol. The van der Waals surface area contributed by atoms with Gasteiger partial charge in [-0.15, -0.1) is 0 Å². The van der Waals surface area contributed by atoms with Crippen molar-refractivity contribution in [3.63, 3.8) is 0 Å². The number of benzene rings is 1. The first-order valence-electron chi connectivity index (χ1n) is 9.88. The summed E-state index contributed by atoms with van der Waals surface area (Å²) in [5.74, 6) is 0. The Morgan fingerprint density at radius 1 is 0.935 bits per heavy atom. The van der Waals surface area contributed by atoms with E-state index in [2.05, 4.69) is 0 Å². The number of carbonyl (C=O) groups excluding carboxylic acids is 1. The number of ether oxygens (including phenoxy) is 1. The molecule has 170 valence electrons. The third-order valence-corrected chi connectivity index (χ3v) is 9.23. The summed E-state index contributed by atoms with van der Waals surface area (Å²) < 4.78 is 60.5. The number of hydrogen-bond acceptors (Lipinski definition) is 7. The third-order valence-electron chi connectivity index (χ3n) is 5.24. The second kappa shape index (κ2) is 9.49. The molecule has 2 saturated heterocycles. The molecule has 2 aliphatic rings. The van der Waals surface area contributed by atoms with E-state index in [4.69, 9.17) is 4.74 Å². The summed E-state index contributed by atoms with van der Waals surface area (Å²) in [6.45, 7) is 2.72. The van der Waals surface area contributed by atoms with E-state index in [9.17, 15) is 26.9 Å². The van der Waals surface area contributed by atoms with E-state index in [1.54, 1.807) is 19.1 Å². The van der Waals surface area contributed by atoms with Crippen LogP contribution in [0.15, 0.2) is 29.2 Å². The molecule has 2 aliphatic heterocycles. The lowest BCUT2D eigenvalue weighted by Crippen LogP contribution is -2.58. The lowest BCUT2D eigenvalue weighted by molar-refractivity contribution is 0.0921. The molecule has 11 nitrogen and oxygen atoms in total. The molecule has 2 fully saturated rings. The van der Waals surface area contributed by atoms with Crippen molar-refractivity contribution in [3.8, 4) is 6.07 Å². The van der Waals surface area contributed by atoms with Crippen LogP contribution in [0.3, 0.4) is 0 Å².